The standard InChI is InChI=1S/C12H15ClF2O/c1-5-12(14,15)10-8(3)11(13)7(2)6-9(10)16-4/h6H,5H2,1-4H3. The molecule has 16 heavy (non-hydrogen) atoms. The Kier molecular flexibility index (Phi) is 3.79. The molecule has 0 aliphatic carbocycles. The first-order valence-electron chi connectivity index (χ1n) is 5.07. The summed E-state index contributed by atoms with van der Waals surface area (Å²) in [4.78, 5) is 0. The van der Waals surface area contributed by atoms with Crippen molar-refractivity contribution in [2.75, 3.05) is 7.11 Å². The van der Waals surface area contributed by atoms with Gasteiger partial charge in [0.1, 0.15) is 5.75 Å². The van der Waals surface area contributed by atoms with Gasteiger partial charge in [0, 0.05) is 11.4 Å². The van der Waals surface area contributed by atoms with E-state index >= 15 is 0 Å². The van der Waals surface area contributed by atoms with Crippen molar-refractivity contribution in [1.29, 1.82) is 0 Å². The van der Waals surface area contributed by atoms with E-state index in [-0.39, 0.29) is 17.7 Å². The SMILES string of the molecule is CCC(F)(F)c1c(OC)cc(C)c(Cl)c1C. The molecular weight excluding hydrogens is 234 g/mol. The summed E-state index contributed by atoms with van der Waals surface area (Å²) in [6, 6.07) is 1.55. The first-order chi connectivity index (χ1) is 7.35. The monoisotopic (exact) mass is 248 g/mol. The predicted molar refractivity (Wildman–Crippen MR) is 61.7 cm³/mol. The van der Waals surface area contributed by atoms with Crippen LogP contribution in [0.2, 0.25) is 5.02 Å². The van der Waals surface area contributed by atoms with Crippen LogP contribution in [0.3, 0.4) is 0 Å². The summed E-state index contributed by atoms with van der Waals surface area (Å²) < 4.78 is 32.5. The summed E-state index contributed by atoms with van der Waals surface area (Å²) in [7, 11) is 1.39. The third kappa shape index (κ3) is 2.14. The van der Waals surface area contributed by atoms with Crippen LogP contribution >= 0.6 is 11.6 Å². The van der Waals surface area contributed by atoms with Crippen LogP contribution in [0.5, 0.6) is 5.75 Å². The number of hydrogen-bond acceptors (Lipinski definition) is 1. The van der Waals surface area contributed by atoms with Gasteiger partial charge >= 0.3 is 0 Å². The molecule has 0 bridgehead atoms. The third-order valence-corrected chi connectivity index (χ3v) is 3.26. The number of aryl methyl sites for hydroxylation is 1. The minimum absolute atomic E-state index is 0.104. The quantitative estimate of drug-likeness (QED) is 0.767. The minimum atomic E-state index is -2.91. The second-order valence-corrected chi connectivity index (χ2v) is 4.15. The van der Waals surface area contributed by atoms with E-state index in [9.17, 15) is 8.78 Å². The molecule has 0 N–H and O–H groups in total. The highest BCUT2D eigenvalue weighted by atomic mass is 35.5. The van der Waals surface area contributed by atoms with Gasteiger partial charge in [-0.25, -0.2) is 8.78 Å². The molecule has 0 atom stereocenters. The van der Waals surface area contributed by atoms with Crippen molar-refractivity contribution < 1.29 is 13.5 Å². The van der Waals surface area contributed by atoms with Crippen LogP contribution < -0.4 is 4.74 Å². The molecule has 0 saturated heterocycles. The summed E-state index contributed by atoms with van der Waals surface area (Å²) in [5.74, 6) is -2.71. The zero-order chi connectivity index (χ0) is 12.5. The van der Waals surface area contributed by atoms with Crippen LogP contribution in [-0.4, -0.2) is 7.11 Å². The van der Waals surface area contributed by atoms with Gasteiger partial charge in [0.25, 0.3) is 5.92 Å². The van der Waals surface area contributed by atoms with Crippen molar-refractivity contribution in [1.82, 2.24) is 0 Å². The molecule has 4 heteroatoms. The van der Waals surface area contributed by atoms with Gasteiger partial charge in [-0.05, 0) is 31.0 Å². The lowest BCUT2D eigenvalue weighted by Gasteiger charge is -2.21. The molecule has 0 unspecified atom stereocenters. The number of alkyl halides is 2. The van der Waals surface area contributed by atoms with Crippen LogP contribution in [-0.2, 0) is 5.92 Å². The number of benzene rings is 1. The van der Waals surface area contributed by atoms with Gasteiger partial charge in [0.05, 0.1) is 12.7 Å². The van der Waals surface area contributed by atoms with Gasteiger partial charge in [0.15, 0.2) is 0 Å². The molecule has 0 fully saturated rings. The van der Waals surface area contributed by atoms with Gasteiger partial charge < -0.3 is 4.74 Å². The molecule has 1 aromatic rings. The molecule has 0 spiro atoms. The van der Waals surface area contributed by atoms with Crippen molar-refractivity contribution in [3.63, 3.8) is 0 Å². The molecule has 1 aromatic carbocycles. The molecule has 0 saturated carbocycles. The van der Waals surface area contributed by atoms with E-state index in [0.29, 0.717) is 10.6 Å². The Morgan fingerprint density at radius 2 is 1.94 bits per heavy atom. The zero-order valence-electron chi connectivity index (χ0n) is 9.83. The van der Waals surface area contributed by atoms with E-state index in [1.54, 1.807) is 19.9 Å². The maximum Gasteiger partial charge on any atom is 0.276 e. The molecule has 0 aromatic heterocycles. The summed E-state index contributed by atoms with van der Waals surface area (Å²) >= 11 is 5.99. The van der Waals surface area contributed by atoms with Crippen molar-refractivity contribution in [3.8, 4) is 5.75 Å². The fourth-order valence-corrected chi connectivity index (χ4v) is 1.86. The fourth-order valence-electron chi connectivity index (χ4n) is 1.71. The van der Waals surface area contributed by atoms with Gasteiger partial charge in [-0.1, -0.05) is 18.5 Å². The molecule has 1 rings (SSSR count). The number of methoxy groups -OCH3 is 1. The summed E-state index contributed by atoms with van der Waals surface area (Å²) in [6.07, 6.45) is -0.274. The van der Waals surface area contributed by atoms with Crippen molar-refractivity contribution >= 4 is 11.6 Å². The average molecular weight is 249 g/mol. The Morgan fingerprint density at radius 3 is 2.38 bits per heavy atom. The van der Waals surface area contributed by atoms with Crippen LogP contribution in [0.15, 0.2) is 6.07 Å². The maximum absolute atomic E-state index is 13.8. The summed E-state index contributed by atoms with van der Waals surface area (Å²) in [5, 5.41) is 0.379. The van der Waals surface area contributed by atoms with Crippen LogP contribution in [0.1, 0.15) is 30.0 Å². The fraction of sp³-hybridized carbons (Fsp3) is 0.500. The normalized spacial score (nSPS) is 11.7. The topological polar surface area (TPSA) is 9.23 Å². The Balaban J connectivity index is 3.53. The van der Waals surface area contributed by atoms with E-state index in [2.05, 4.69) is 0 Å². The lowest BCUT2D eigenvalue weighted by molar-refractivity contribution is -0.0110. The summed E-state index contributed by atoms with van der Waals surface area (Å²) in [6.45, 7) is 4.80. The lowest BCUT2D eigenvalue weighted by Crippen LogP contribution is -2.15. The van der Waals surface area contributed by atoms with Gasteiger partial charge in [-0.2, -0.15) is 0 Å². The number of hydrogen-bond donors (Lipinski definition) is 0. The van der Waals surface area contributed by atoms with E-state index in [1.807, 2.05) is 0 Å². The van der Waals surface area contributed by atoms with Gasteiger partial charge in [0.2, 0.25) is 0 Å². The lowest BCUT2D eigenvalue weighted by atomic mass is 9.97. The zero-order valence-corrected chi connectivity index (χ0v) is 10.6. The molecule has 1 nitrogen and oxygen atoms in total. The first kappa shape index (κ1) is 13.2. The van der Waals surface area contributed by atoms with E-state index in [4.69, 9.17) is 16.3 Å². The van der Waals surface area contributed by atoms with Crippen molar-refractivity contribution in [2.24, 2.45) is 0 Å². The maximum atomic E-state index is 13.8. The molecule has 0 amide bonds. The Hall–Kier alpha value is -0.830. The number of rotatable bonds is 3. The average Bonchev–Trinajstić information content (AvgIpc) is 2.24. The van der Waals surface area contributed by atoms with E-state index in [0.717, 1.165) is 5.56 Å². The molecule has 90 valence electrons. The first-order valence-corrected chi connectivity index (χ1v) is 5.45. The van der Waals surface area contributed by atoms with E-state index < -0.39 is 5.92 Å². The van der Waals surface area contributed by atoms with Gasteiger partial charge in [-0.15, -0.1) is 0 Å². The van der Waals surface area contributed by atoms with Crippen LogP contribution in [0.4, 0.5) is 8.78 Å². The molecule has 0 aliphatic rings. The smallest absolute Gasteiger partial charge is 0.276 e. The van der Waals surface area contributed by atoms with Crippen molar-refractivity contribution in [3.05, 3.63) is 27.8 Å². The predicted octanol–water partition coefficient (Wildman–Crippen LogP) is 4.47. The highest BCUT2D eigenvalue weighted by Crippen LogP contribution is 2.43. The minimum Gasteiger partial charge on any atom is -0.496 e. The van der Waals surface area contributed by atoms with Gasteiger partial charge in [-0.3, -0.25) is 0 Å². The molecule has 0 radical (unpaired) electrons. The molecule has 0 aliphatic heterocycles. The third-order valence-electron chi connectivity index (χ3n) is 2.67. The molecule has 0 heterocycles. The second-order valence-electron chi connectivity index (χ2n) is 3.77. The molecular formula is C12H15ClF2O. The highest BCUT2D eigenvalue weighted by molar-refractivity contribution is 6.32. The Morgan fingerprint density at radius 1 is 1.38 bits per heavy atom. The second kappa shape index (κ2) is 4.58. The summed E-state index contributed by atoms with van der Waals surface area (Å²) in [5.41, 5.74) is 1.03. The largest absolute Gasteiger partial charge is 0.496 e. The number of ether oxygens (including phenoxy) is 1. The Bertz CT molecular complexity index is 402. The van der Waals surface area contributed by atoms with E-state index in [1.165, 1.54) is 14.0 Å². The van der Waals surface area contributed by atoms with Crippen LogP contribution in [0.25, 0.3) is 0 Å². The number of halogens is 3. The van der Waals surface area contributed by atoms with Crippen LogP contribution in [0, 0.1) is 13.8 Å². The van der Waals surface area contributed by atoms with Crippen molar-refractivity contribution in [2.45, 2.75) is 33.1 Å². The highest BCUT2D eigenvalue weighted by Gasteiger charge is 2.35. The Labute approximate surface area is 99.4 Å².